The SMILES string of the molecule is CCCCC(NC(=O)c1cc(C)c(F)cc1F)C(=O)O. The molecule has 0 saturated heterocycles. The number of unbranched alkanes of at least 4 members (excludes halogenated alkanes) is 1. The van der Waals surface area contributed by atoms with Crippen molar-refractivity contribution in [2.75, 3.05) is 0 Å². The second kappa shape index (κ2) is 6.98. The molecule has 0 bridgehead atoms. The maximum Gasteiger partial charge on any atom is 0.326 e. The summed E-state index contributed by atoms with van der Waals surface area (Å²) in [7, 11) is 0. The van der Waals surface area contributed by atoms with Gasteiger partial charge in [0.05, 0.1) is 5.56 Å². The first-order valence-corrected chi connectivity index (χ1v) is 6.36. The molecule has 0 fully saturated rings. The molecule has 1 rings (SSSR count). The van der Waals surface area contributed by atoms with E-state index < -0.39 is 29.6 Å². The molecule has 6 heteroatoms. The molecular formula is C14H17F2NO3. The number of amides is 1. The lowest BCUT2D eigenvalue weighted by molar-refractivity contribution is -0.139. The average Bonchev–Trinajstić information content (AvgIpc) is 2.38. The Morgan fingerprint density at radius 3 is 2.50 bits per heavy atom. The van der Waals surface area contributed by atoms with Gasteiger partial charge >= 0.3 is 5.97 Å². The molecule has 1 atom stereocenters. The van der Waals surface area contributed by atoms with Crippen LogP contribution < -0.4 is 5.32 Å². The maximum atomic E-state index is 13.5. The summed E-state index contributed by atoms with van der Waals surface area (Å²) in [4.78, 5) is 22.9. The second-order valence-corrected chi connectivity index (χ2v) is 4.59. The quantitative estimate of drug-likeness (QED) is 0.844. The van der Waals surface area contributed by atoms with Crippen molar-refractivity contribution in [1.29, 1.82) is 0 Å². The molecule has 1 unspecified atom stereocenters. The number of carboxylic acid groups (broad SMARTS) is 1. The molecule has 0 aliphatic carbocycles. The zero-order valence-electron chi connectivity index (χ0n) is 11.4. The molecule has 0 spiro atoms. The first-order chi connectivity index (χ1) is 9.36. The van der Waals surface area contributed by atoms with Crippen molar-refractivity contribution in [3.63, 3.8) is 0 Å². The topological polar surface area (TPSA) is 66.4 Å². The fourth-order valence-corrected chi connectivity index (χ4v) is 1.73. The molecule has 0 saturated carbocycles. The molecule has 0 aromatic heterocycles. The summed E-state index contributed by atoms with van der Waals surface area (Å²) in [5, 5.41) is 11.2. The molecule has 110 valence electrons. The minimum atomic E-state index is -1.17. The van der Waals surface area contributed by atoms with Crippen molar-refractivity contribution in [2.24, 2.45) is 0 Å². The van der Waals surface area contributed by atoms with E-state index in [2.05, 4.69) is 5.32 Å². The zero-order valence-corrected chi connectivity index (χ0v) is 11.4. The van der Waals surface area contributed by atoms with Crippen LogP contribution in [0.25, 0.3) is 0 Å². The molecule has 0 aliphatic rings. The second-order valence-electron chi connectivity index (χ2n) is 4.59. The normalized spacial score (nSPS) is 12.0. The van der Waals surface area contributed by atoms with Crippen LogP contribution in [-0.4, -0.2) is 23.0 Å². The number of halogens is 2. The predicted molar refractivity (Wildman–Crippen MR) is 69.5 cm³/mol. The van der Waals surface area contributed by atoms with Crippen molar-refractivity contribution in [3.05, 3.63) is 34.9 Å². The van der Waals surface area contributed by atoms with Gasteiger partial charge in [0.15, 0.2) is 0 Å². The summed E-state index contributed by atoms with van der Waals surface area (Å²) in [5.41, 5.74) is -0.233. The van der Waals surface area contributed by atoms with Gasteiger partial charge in [0.2, 0.25) is 0 Å². The number of rotatable bonds is 6. The van der Waals surface area contributed by atoms with E-state index in [0.29, 0.717) is 12.5 Å². The number of carboxylic acids is 1. The summed E-state index contributed by atoms with van der Waals surface area (Å²) in [6.07, 6.45) is 1.67. The van der Waals surface area contributed by atoms with Gasteiger partial charge in [0, 0.05) is 6.07 Å². The van der Waals surface area contributed by atoms with Gasteiger partial charge in [-0.3, -0.25) is 4.79 Å². The van der Waals surface area contributed by atoms with Crippen molar-refractivity contribution in [3.8, 4) is 0 Å². The molecule has 1 aromatic carbocycles. The highest BCUT2D eigenvalue weighted by atomic mass is 19.1. The fourth-order valence-electron chi connectivity index (χ4n) is 1.73. The molecule has 2 N–H and O–H groups in total. The van der Waals surface area contributed by atoms with Crippen LogP contribution in [0.2, 0.25) is 0 Å². The van der Waals surface area contributed by atoms with Gasteiger partial charge in [-0.05, 0) is 25.0 Å². The van der Waals surface area contributed by atoms with Crippen LogP contribution in [0, 0.1) is 18.6 Å². The predicted octanol–water partition coefficient (Wildman–Crippen LogP) is 2.65. The molecule has 0 radical (unpaired) electrons. The van der Waals surface area contributed by atoms with Crippen molar-refractivity contribution in [1.82, 2.24) is 5.32 Å². The van der Waals surface area contributed by atoms with E-state index in [9.17, 15) is 18.4 Å². The van der Waals surface area contributed by atoms with E-state index in [1.54, 1.807) is 0 Å². The Morgan fingerprint density at radius 2 is 1.95 bits per heavy atom. The Morgan fingerprint density at radius 1 is 1.30 bits per heavy atom. The minimum Gasteiger partial charge on any atom is -0.480 e. The summed E-state index contributed by atoms with van der Waals surface area (Å²) in [6, 6.07) is 0.609. The molecule has 20 heavy (non-hydrogen) atoms. The molecule has 4 nitrogen and oxygen atoms in total. The number of nitrogens with one attached hydrogen (secondary N) is 1. The summed E-state index contributed by atoms with van der Waals surface area (Å²) < 4.78 is 26.7. The Kier molecular flexibility index (Phi) is 5.61. The molecule has 1 amide bonds. The first kappa shape index (κ1) is 16.1. The van der Waals surface area contributed by atoms with E-state index in [1.165, 1.54) is 6.92 Å². The highest BCUT2D eigenvalue weighted by molar-refractivity contribution is 5.97. The smallest absolute Gasteiger partial charge is 0.326 e. The minimum absolute atomic E-state index is 0.122. The van der Waals surface area contributed by atoms with E-state index >= 15 is 0 Å². The van der Waals surface area contributed by atoms with Gasteiger partial charge in [0.25, 0.3) is 5.91 Å². The highest BCUT2D eigenvalue weighted by Crippen LogP contribution is 2.14. The maximum absolute atomic E-state index is 13.5. The third kappa shape index (κ3) is 4.01. The van der Waals surface area contributed by atoms with Crippen LogP contribution in [0.4, 0.5) is 8.78 Å². The van der Waals surface area contributed by atoms with Gasteiger partial charge in [0.1, 0.15) is 17.7 Å². The van der Waals surface area contributed by atoms with Crippen LogP contribution >= 0.6 is 0 Å². The standard InChI is InChI=1S/C14H17F2NO3/c1-3-4-5-12(14(19)20)17-13(18)9-6-8(2)10(15)7-11(9)16/h6-7,12H,3-5H2,1-2H3,(H,17,18)(H,19,20). The van der Waals surface area contributed by atoms with Crippen LogP contribution in [0.5, 0.6) is 0 Å². The van der Waals surface area contributed by atoms with E-state index in [4.69, 9.17) is 5.11 Å². The van der Waals surface area contributed by atoms with Crippen molar-refractivity contribution < 1.29 is 23.5 Å². The lowest BCUT2D eigenvalue weighted by Crippen LogP contribution is -2.41. The third-order valence-electron chi connectivity index (χ3n) is 2.94. The van der Waals surface area contributed by atoms with Gasteiger partial charge in [-0.2, -0.15) is 0 Å². The number of benzene rings is 1. The molecule has 0 aliphatic heterocycles. The molecular weight excluding hydrogens is 268 g/mol. The van der Waals surface area contributed by atoms with Crippen LogP contribution in [0.15, 0.2) is 12.1 Å². The summed E-state index contributed by atoms with van der Waals surface area (Å²) >= 11 is 0. The number of aliphatic carboxylic acids is 1. The monoisotopic (exact) mass is 285 g/mol. The van der Waals surface area contributed by atoms with Crippen molar-refractivity contribution in [2.45, 2.75) is 39.2 Å². The van der Waals surface area contributed by atoms with E-state index in [-0.39, 0.29) is 17.5 Å². The van der Waals surface area contributed by atoms with E-state index in [0.717, 1.165) is 12.5 Å². The van der Waals surface area contributed by atoms with Gasteiger partial charge in [-0.15, -0.1) is 0 Å². The Bertz CT molecular complexity index is 517. The Hall–Kier alpha value is -1.98. The Labute approximate surface area is 115 Å². The number of hydrogen-bond acceptors (Lipinski definition) is 2. The van der Waals surface area contributed by atoms with Crippen LogP contribution in [0.1, 0.15) is 42.1 Å². The fraction of sp³-hybridized carbons (Fsp3) is 0.429. The van der Waals surface area contributed by atoms with Crippen molar-refractivity contribution >= 4 is 11.9 Å². The number of aryl methyl sites for hydroxylation is 1. The lowest BCUT2D eigenvalue weighted by atomic mass is 10.1. The van der Waals surface area contributed by atoms with Gasteiger partial charge in [-0.1, -0.05) is 19.8 Å². The highest BCUT2D eigenvalue weighted by Gasteiger charge is 2.22. The third-order valence-corrected chi connectivity index (χ3v) is 2.94. The largest absolute Gasteiger partial charge is 0.480 e. The summed E-state index contributed by atoms with van der Waals surface area (Å²) in [6.45, 7) is 3.29. The van der Waals surface area contributed by atoms with Gasteiger partial charge in [-0.25, -0.2) is 13.6 Å². The van der Waals surface area contributed by atoms with Crippen LogP contribution in [0.3, 0.4) is 0 Å². The number of carbonyl (C=O) groups excluding carboxylic acids is 1. The average molecular weight is 285 g/mol. The lowest BCUT2D eigenvalue weighted by Gasteiger charge is -2.14. The molecule has 0 heterocycles. The summed E-state index contributed by atoms with van der Waals surface area (Å²) in [5.74, 6) is -3.79. The zero-order chi connectivity index (χ0) is 15.3. The van der Waals surface area contributed by atoms with Crippen LogP contribution in [-0.2, 0) is 4.79 Å². The number of carbonyl (C=O) groups is 2. The van der Waals surface area contributed by atoms with Gasteiger partial charge < -0.3 is 10.4 Å². The Balaban J connectivity index is 2.89. The number of hydrogen-bond donors (Lipinski definition) is 2. The molecule has 1 aromatic rings. The first-order valence-electron chi connectivity index (χ1n) is 6.36. The van der Waals surface area contributed by atoms with E-state index in [1.807, 2.05) is 6.92 Å².